The summed E-state index contributed by atoms with van der Waals surface area (Å²) in [4.78, 5) is 0.943. The minimum atomic E-state index is -0.285. The van der Waals surface area contributed by atoms with E-state index in [2.05, 4.69) is 6.92 Å². The van der Waals surface area contributed by atoms with Crippen LogP contribution in [0.25, 0.3) is 0 Å². The van der Waals surface area contributed by atoms with Crippen molar-refractivity contribution in [1.82, 2.24) is 0 Å². The van der Waals surface area contributed by atoms with Crippen LogP contribution in [0.15, 0.2) is 23.1 Å². The van der Waals surface area contributed by atoms with Gasteiger partial charge in [0.25, 0.3) is 0 Å². The third-order valence-electron chi connectivity index (χ3n) is 2.56. The van der Waals surface area contributed by atoms with E-state index in [-0.39, 0.29) is 11.9 Å². The van der Waals surface area contributed by atoms with E-state index in [1.165, 1.54) is 12.1 Å². The third kappa shape index (κ3) is 2.44. The minimum Gasteiger partial charge on any atom is -0.398 e. The van der Waals surface area contributed by atoms with Crippen molar-refractivity contribution in [3.05, 3.63) is 24.0 Å². The number of nitrogens with two attached hydrogens (primary N) is 1. The summed E-state index contributed by atoms with van der Waals surface area (Å²) in [7, 11) is 0. The molecular formula is C11H14FNOS. The largest absolute Gasteiger partial charge is 0.398 e. The lowest BCUT2D eigenvalue weighted by atomic mass is 10.3. The third-order valence-corrected chi connectivity index (χ3v) is 4.10. The van der Waals surface area contributed by atoms with Gasteiger partial charge in [0.1, 0.15) is 5.82 Å². The molecule has 1 saturated heterocycles. The lowest BCUT2D eigenvalue weighted by molar-refractivity contribution is 0.127. The predicted molar refractivity (Wildman–Crippen MR) is 60.5 cm³/mol. The van der Waals surface area contributed by atoms with Gasteiger partial charge in [0.2, 0.25) is 0 Å². The second-order valence-electron chi connectivity index (χ2n) is 3.70. The maximum absolute atomic E-state index is 12.8. The van der Waals surface area contributed by atoms with Gasteiger partial charge in [-0.25, -0.2) is 4.39 Å². The Bertz CT molecular complexity index is 358. The molecule has 0 amide bonds. The van der Waals surface area contributed by atoms with Gasteiger partial charge in [-0.3, -0.25) is 0 Å². The van der Waals surface area contributed by atoms with Gasteiger partial charge in [0, 0.05) is 22.4 Å². The molecule has 0 aromatic heterocycles. The zero-order chi connectivity index (χ0) is 10.8. The minimum absolute atomic E-state index is 0.249. The quantitative estimate of drug-likeness (QED) is 0.789. The van der Waals surface area contributed by atoms with Gasteiger partial charge in [0.05, 0.1) is 6.10 Å². The summed E-state index contributed by atoms with van der Waals surface area (Å²) in [5.74, 6) is -0.285. The number of rotatable bonds is 2. The molecule has 2 rings (SSSR count). The van der Waals surface area contributed by atoms with Crippen molar-refractivity contribution in [2.24, 2.45) is 0 Å². The molecule has 15 heavy (non-hydrogen) atoms. The topological polar surface area (TPSA) is 35.2 Å². The molecule has 82 valence electrons. The zero-order valence-electron chi connectivity index (χ0n) is 8.57. The fourth-order valence-electron chi connectivity index (χ4n) is 1.66. The van der Waals surface area contributed by atoms with Gasteiger partial charge >= 0.3 is 0 Å². The molecule has 2 nitrogen and oxygen atoms in total. The van der Waals surface area contributed by atoms with Crippen molar-refractivity contribution >= 4 is 17.4 Å². The summed E-state index contributed by atoms with van der Waals surface area (Å²) in [6.07, 6.45) is 1.28. The van der Waals surface area contributed by atoms with E-state index in [9.17, 15) is 4.39 Å². The first-order chi connectivity index (χ1) is 7.16. The van der Waals surface area contributed by atoms with Gasteiger partial charge in [-0.05, 0) is 31.5 Å². The first-order valence-electron chi connectivity index (χ1n) is 5.00. The molecule has 4 heteroatoms. The second-order valence-corrected chi connectivity index (χ2v) is 4.98. The molecule has 1 aliphatic heterocycles. The van der Waals surface area contributed by atoms with Gasteiger partial charge in [-0.15, -0.1) is 11.8 Å². The van der Waals surface area contributed by atoms with Gasteiger partial charge in [-0.1, -0.05) is 0 Å². The summed E-state index contributed by atoms with van der Waals surface area (Å²) >= 11 is 1.68. The van der Waals surface area contributed by atoms with Crippen LogP contribution < -0.4 is 5.73 Å². The Kier molecular flexibility index (Phi) is 3.17. The lowest BCUT2D eigenvalue weighted by Gasteiger charge is -2.14. The van der Waals surface area contributed by atoms with Crippen LogP contribution in [0.4, 0.5) is 10.1 Å². The van der Waals surface area contributed by atoms with Crippen LogP contribution >= 0.6 is 11.8 Å². The van der Waals surface area contributed by atoms with Crippen LogP contribution in [-0.2, 0) is 4.74 Å². The molecular weight excluding hydrogens is 213 g/mol. The molecule has 1 fully saturated rings. The van der Waals surface area contributed by atoms with Crippen LogP contribution in [-0.4, -0.2) is 18.0 Å². The van der Waals surface area contributed by atoms with E-state index in [4.69, 9.17) is 10.5 Å². The van der Waals surface area contributed by atoms with E-state index in [0.29, 0.717) is 10.9 Å². The summed E-state index contributed by atoms with van der Waals surface area (Å²) in [5, 5.41) is 0.428. The molecule has 0 spiro atoms. The molecule has 2 atom stereocenters. The zero-order valence-corrected chi connectivity index (χ0v) is 9.39. The Balaban J connectivity index is 2.10. The average Bonchev–Trinajstić information content (AvgIpc) is 2.57. The van der Waals surface area contributed by atoms with Crippen molar-refractivity contribution in [2.45, 2.75) is 29.6 Å². The standard InChI is InChI=1S/C11H14FNOS/c1-7-10(4-5-14-7)15-11-3-2-8(12)6-9(11)13/h2-3,6-7,10H,4-5,13H2,1H3. The van der Waals surface area contributed by atoms with Crippen LogP contribution in [0.1, 0.15) is 13.3 Å². The molecule has 1 heterocycles. The predicted octanol–water partition coefficient (Wildman–Crippen LogP) is 2.68. The van der Waals surface area contributed by atoms with E-state index < -0.39 is 0 Å². The molecule has 1 aromatic carbocycles. The Hall–Kier alpha value is -0.740. The first kappa shape index (κ1) is 10.8. The Labute approximate surface area is 93.0 Å². The highest BCUT2D eigenvalue weighted by atomic mass is 32.2. The first-order valence-corrected chi connectivity index (χ1v) is 5.88. The summed E-state index contributed by atoms with van der Waals surface area (Å²) in [6, 6.07) is 4.54. The Morgan fingerprint density at radius 3 is 2.93 bits per heavy atom. The smallest absolute Gasteiger partial charge is 0.125 e. The van der Waals surface area contributed by atoms with Gasteiger partial charge in [-0.2, -0.15) is 0 Å². The summed E-state index contributed by atoms with van der Waals surface area (Å²) < 4.78 is 18.3. The fraction of sp³-hybridized carbons (Fsp3) is 0.455. The number of halogens is 1. The summed E-state index contributed by atoms with van der Waals surface area (Å²) in [6.45, 7) is 2.87. The number of hydrogen-bond donors (Lipinski definition) is 1. The maximum Gasteiger partial charge on any atom is 0.125 e. The van der Waals surface area contributed by atoms with Crippen LogP contribution in [0.2, 0.25) is 0 Å². The molecule has 0 radical (unpaired) electrons. The van der Waals surface area contributed by atoms with Crippen LogP contribution in [0.5, 0.6) is 0 Å². The van der Waals surface area contributed by atoms with Gasteiger partial charge < -0.3 is 10.5 Å². The van der Waals surface area contributed by atoms with E-state index in [0.717, 1.165) is 17.9 Å². The van der Waals surface area contributed by atoms with Crippen molar-refractivity contribution in [3.63, 3.8) is 0 Å². The highest BCUT2D eigenvalue weighted by Crippen LogP contribution is 2.35. The highest BCUT2D eigenvalue weighted by Gasteiger charge is 2.25. The molecule has 2 N–H and O–H groups in total. The molecule has 2 unspecified atom stereocenters. The highest BCUT2D eigenvalue weighted by molar-refractivity contribution is 8.00. The molecule has 0 aliphatic carbocycles. The Morgan fingerprint density at radius 1 is 1.53 bits per heavy atom. The SMILES string of the molecule is CC1OCCC1Sc1ccc(F)cc1N. The van der Waals surface area contributed by atoms with E-state index in [1.54, 1.807) is 17.8 Å². The number of hydrogen-bond acceptors (Lipinski definition) is 3. The van der Waals surface area contributed by atoms with Crippen molar-refractivity contribution in [1.29, 1.82) is 0 Å². The van der Waals surface area contributed by atoms with Crippen LogP contribution in [0, 0.1) is 5.82 Å². The van der Waals surface area contributed by atoms with Gasteiger partial charge in [0.15, 0.2) is 0 Å². The molecule has 1 aromatic rings. The number of anilines is 1. The fourth-order valence-corrected chi connectivity index (χ4v) is 2.81. The number of ether oxygens (including phenoxy) is 1. The lowest BCUT2D eigenvalue weighted by Crippen LogP contribution is -2.13. The molecule has 0 saturated carbocycles. The van der Waals surface area contributed by atoms with E-state index >= 15 is 0 Å². The van der Waals surface area contributed by atoms with E-state index in [1.807, 2.05) is 0 Å². The second kappa shape index (κ2) is 4.41. The average molecular weight is 227 g/mol. The van der Waals surface area contributed by atoms with Crippen molar-refractivity contribution in [2.75, 3.05) is 12.3 Å². The number of nitrogen functional groups attached to an aromatic ring is 1. The number of thioether (sulfide) groups is 1. The Morgan fingerprint density at radius 2 is 2.33 bits per heavy atom. The number of benzene rings is 1. The van der Waals surface area contributed by atoms with Crippen LogP contribution in [0.3, 0.4) is 0 Å². The monoisotopic (exact) mass is 227 g/mol. The molecule has 1 aliphatic rings. The van der Waals surface area contributed by atoms with Crippen molar-refractivity contribution < 1.29 is 9.13 Å². The van der Waals surface area contributed by atoms with Crippen molar-refractivity contribution in [3.8, 4) is 0 Å². The molecule has 0 bridgehead atoms. The summed E-state index contributed by atoms with van der Waals surface area (Å²) in [5.41, 5.74) is 6.26. The maximum atomic E-state index is 12.8. The normalized spacial score (nSPS) is 25.7.